The van der Waals surface area contributed by atoms with Crippen molar-refractivity contribution in [3.63, 3.8) is 0 Å². The van der Waals surface area contributed by atoms with Gasteiger partial charge in [0.1, 0.15) is 0 Å². The molecule has 0 saturated carbocycles. The molecule has 6 heteroatoms. The molecule has 0 spiro atoms. The van der Waals surface area contributed by atoms with Gasteiger partial charge in [-0.3, -0.25) is 0 Å². The molecule has 0 radical (unpaired) electrons. The lowest BCUT2D eigenvalue weighted by Gasteiger charge is -2.32. The third-order valence-electron chi connectivity index (χ3n) is 3.32. The van der Waals surface area contributed by atoms with Crippen molar-refractivity contribution in [2.75, 3.05) is 31.6 Å². The fourth-order valence-corrected chi connectivity index (χ4v) is 2.09. The zero-order chi connectivity index (χ0) is 14.5. The molecule has 2 amide bonds. The van der Waals surface area contributed by atoms with E-state index in [2.05, 4.69) is 5.32 Å². The number of nitrogens with one attached hydrogen (secondary N) is 1. The molecule has 0 aromatic heterocycles. The van der Waals surface area contributed by atoms with Crippen molar-refractivity contribution in [1.82, 2.24) is 4.90 Å². The second-order valence-corrected chi connectivity index (χ2v) is 4.96. The van der Waals surface area contributed by atoms with E-state index in [9.17, 15) is 4.79 Å². The molecule has 2 unspecified atom stereocenters. The molecule has 1 aromatic carbocycles. The van der Waals surface area contributed by atoms with Crippen molar-refractivity contribution in [3.8, 4) is 0 Å². The molecule has 0 bridgehead atoms. The lowest BCUT2D eigenvalue weighted by Crippen LogP contribution is -2.48. The van der Waals surface area contributed by atoms with Crippen molar-refractivity contribution >= 4 is 11.7 Å². The molecule has 1 aliphatic rings. The van der Waals surface area contributed by atoms with E-state index in [-0.39, 0.29) is 24.8 Å². The van der Waals surface area contributed by atoms with Crippen LogP contribution in [0.2, 0.25) is 0 Å². The molecule has 4 N–H and O–H groups in total. The van der Waals surface area contributed by atoms with E-state index in [1.54, 1.807) is 4.90 Å². The van der Waals surface area contributed by atoms with Crippen LogP contribution in [0.25, 0.3) is 0 Å². The standard InChI is InChI=1S/C14H21N3O3/c1-10(15)11-2-4-12(5-3-11)16-14(19)17-6-7-20-13(8-17)9-18/h2-5,10,13,18H,6-9,15H2,1H3,(H,16,19). The highest BCUT2D eigenvalue weighted by Gasteiger charge is 2.23. The molecule has 6 nitrogen and oxygen atoms in total. The van der Waals surface area contributed by atoms with Gasteiger partial charge in [0, 0.05) is 18.3 Å². The summed E-state index contributed by atoms with van der Waals surface area (Å²) in [5.74, 6) is 0. The van der Waals surface area contributed by atoms with Crippen LogP contribution in [0.15, 0.2) is 24.3 Å². The van der Waals surface area contributed by atoms with Crippen LogP contribution in [0.5, 0.6) is 0 Å². The maximum atomic E-state index is 12.1. The Bertz CT molecular complexity index is 447. The van der Waals surface area contributed by atoms with E-state index >= 15 is 0 Å². The minimum absolute atomic E-state index is 0.0238. The van der Waals surface area contributed by atoms with Crippen LogP contribution in [0.1, 0.15) is 18.5 Å². The minimum atomic E-state index is -0.296. The van der Waals surface area contributed by atoms with Crippen LogP contribution in [-0.2, 0) is 4.74 Å². The average Bonchev–Trinajstić information content (AvgIpc) is 2.47. The average molecular weight is 279 g/mol. The summed E-state index contributed by atoms with van der Waals surface area (Å²) in [4.78, 5) is 13.7. The summed E-state index contributed by atoms with van der Waals surface area (Å²) in [6.45, 7) is 3.21. The van der Waals surface area contributed by atoms with Gasteiger partial charge < -0.3 is 25.8 Å². The molecule has 1 heterocycles. The van der Waals surface area contributed by atoms with Gasteiger partial charge in [0.15, 0.2) is 0 Å². The summed E-state index contributed by atoms with van der Waals surface area (Å²) >= 11 is 0. The van der Waals surface area contributed by atoms with Gasteiger partial charge in [-0.2, -0.15) is 0 Å². The Hall–Kier alpha value is -1.63. The van der Waals surface area contributed by atoms with Gasteiger partial charge in [0.2, 0.25) is 0 Å². The van der Waals surface area contributed by atoms with Gasteiger partial charge >= 0.3 is 6.03 Å². The molecule has 0 aliphatic carbocycles. The smallest absolute Gasteiger partial charge is 0.322 e. The predicted octanol–water partition coefficient (Wildman–Crippen LogP) is 0.931. The zero-order valence-corrected chi connectivity index (χ0v) is 11.6. The van der Waals surface area contributed by atoms with Gasteiger partial charge in [-0.15, -0.1) is 0 Å². The van der Waals surface area contributed by atoms with Gasteiger partial charge in [-0.25, -0.2) is 4.79 Å². The van der Waals surface area contributed by atoms with Gasteiger partial charge in [0.25, 0.3) is 0 Å². The summed E-state index contributed by atoms with van der Waals surface area (Å²) in [6, 6.07) is 7.26. The maximum Gasteiger partial charge on any atom is 0.322 e. The largest absolute Gasteiger partial charge is 0.394 e. The fourth-order valence-electron chi connectivity index (χ4n) is 2.09. The molecule has 20 heavy (non-hydrogen) atoms. The van der Waals surface area contributed by atoms with Crippen LogP contribution < -0.4 is 11.1 Å². The summed E-state index contributed by atoms with van der Waals surface area (Å²) in [6.07, 6.45) is -0.296. The Kier molecular flexibility index (Phi) is 4.94. The van der Waals surface area contributed by atoms with E-state index in [0.717, 1.165) is 11.3 Å². The summed E-state index contributed by atoms with van der Waals surface area (Å²) < 4.78 is 5.31. The highest BCUT2D eigenvalue weighted by molar-refractivity contribution is 5.89. The predicted molar refractivity (Wildman–Crippen MR) is 76.5 cm³/mol. The van der Waals surface area contributed by atoms with Crippen molar-refractivity contribution in [2.24, 2.45) is 5.73 Å². The van der Waals surface area contributed by atoms with E-state index in [4.69, 9.17) is 15.6 Å². The Morgan fingerprint density at radius 2 is 2.25 bits per heavy atom. The third-order valence-corrected chi connectivity index (χ3v) is 3.32. The lowest BCUT2D eigenvalue weighted by atomic mass is 10.1. The highest BCUT2D eigenvalue weighted by atomic mass is 16.5. The number of morpholine rings is 1. The van der Waals surface area contributed by atoms with Crippen LogP contribution in [0, 0.1) is 0 Å². The van der Waals surface area contributed by atoms with E-state index in [1.807, 2.05) is 31.2 Å². The quantitative estimate of drug-likeness (QED) is 0.768. The number of rotatable bonds is 3. The first-order chi connectivity index (χ1) is 9.60. The topological polar surface area (TPSA) is 87.8 Å². The second-order valence-electron chi connectivity index (χ2n) is 4.96. The Morgan fingerprint density at radius 1 is 1.55 bits per heavy atom. The number of hydrogen-bond acceptors (Lipinski definition) is 4. The number of aliphatic hydroxyl groups is 1. The number of anilines is 1. The molecule has 1 saturated heterocycles. The van der Waals surface area contributed by atoms with Crippen LogP contribution in [-0.4, -0.2) is 48.4 Å². The Balaban J connectivity index is 1.93. The molecule has 1 aliphatic heterocycles. The monoisotopic (exact) mass is 279 g/mol. The van der Waals surface area contributed by atoms with E-state index < -0.39 is 0 Å². The van der Waals surface area contributed by atoms with Crippen molar-refractivity contribution in [3.05, 3.63) is 29.8 Å². The summed E-state index contributed by atoms with van der Waals surface area (Å²) in [7, 11) is 0. The number of carbonyl (C=O) groups is 1. The highest BCUT2D eigenvalue weighted by Crippen LogP contribution is 2.15. The summed E-state index contributed by atoms with van der Waals surface area (Å²) in [5, 5.41) is 11.9. The number of amides is 2. The zero-order valence-electron chi connectivity index (χ0n) is 11.6. The first-order valence-electron chi connectivity index (χ1n) is 6.74. The summed E-state index contributed by atoms with van der Waals surface area (Å²) in [5.41, 5.74) is 7.53. The van der Waals surface area contributed by atoms with Crippen LogP contribution in [0.3, 0.4) is 0 Å². The minimum Gasteiger partial charge on any atom is -0.394 e. The third kappa shape index (κ3) is 3.69. The Labute approximate surface area is 118 Å². The first-order valence-corrected chi connectivity index (χ1v) is 6.74. The van der Waals surface area contributed by atoms with Gasteiger partial charge in [-0.05, 0) is 24.6 Å². The first kappa shape index (κ1) is 14.8. The number of carbonyl (C=O) groups excluding carboxylic acids is 1. The molecular weight excluding hydrogens is 258 g/mol. The van der Waals surface area contributed by atoms with Gasteiger partial charge in [0.05, 0.1) is 25.9 Å². The molecule has 1 fully saturated rings. The number of aliphatic hydroxyl groups excluding tert-OH is 1. The molecule has 110 valence electrons. The number of benzene rings is 1. The number of nitrogens with two attached hydrogens (primary N) is 1. The number of nitrogens with zero attached hydrogens (tertiary/aromatic N) is 1. The SMILES string of the molecule is CC(N)c1ccc(NC(=O)N2CCOC(CO)C2)cc1. The Morgan fingerprint density at radius 3 is 2.85 bits per heavy atom. The van der Waals surface area contributed by atoms with Crippen LogP contribution >= 0.6 is 0 Å². The van der Waals surface area contributed by atoms with Crippen LogP contribution in [0.4, 0.5) is 10.5 Å². The van der Waals surface area contributed by atoms with E-state index in [0.29, 0.717) is 19.7 Å². The van der Waals surface area contributed by atoms with Crippen molar-refractivity contribution in [2.45, 2.75) is 19.1 Å². The van der Waals surface area contributed by atoms with Crippen molar-refractivity contribution in [1.29, 1.82) is 0 Å². The maximum absolute atomic E-state index is 12.1. The lowest BCUT2D eigenvalue weighted by molar-refractivity contribution is -0.0388. The molecule has 1 aromatic rings. The number of urea groups is 1. The van der Waals surface area contributed by atoms with E-state index in [1.165, 1.54) is 0 Å². The molecule has 2 rings (SSSR count). The fraction of sp³-hybridized carbons (Fsp3) is 0.500. The number of ether oxygens (including phenoxy) is 1. The second kappa shape index (κ2) is 6.69. The molecule has 2 atom stereocenters. The number of hydrogen-bond donors (Lipinski definition) is 3. The normalized spacial score (nSPS) is 20.6. The van der Waals surface area contributed by atoms with Crippen molar-refractivity contribution < 1.29 is 14.6 Å². The van der Waals surface area contributed by atoms with Gasteiger partial charge in [-0.1, -0.05) is 12.1 Å². The molecular formula is C14H21N3O3.